The van der Waals surface area contributed by atoms with E-state index in [2.05, 4.69) is 5.32 Å². The van der Waals surface area contributed by atoms with Crippen molar-refractivity contribution in [3.8, 4) is 5.75 Å². The van der Waals surface area contributed by atoms with Gasteiger partial charge in [-0.2, -0.15) is 0 Å². The normalized spacial score (nSPS) is 13.7. The predicted molar refractivity (Wildman–Crippen MR) is 131 cm³/mol. The van der Waals surface area contributed by atoms with Gasteiger partial charge in [-0.05, 0) is 54.4 Å². The number of urea groups is 1. The van der Waals surface area contributed by atoms with E-state index < -0.39 is 5.82 Å². The van der Waals surface area contributed by atoms with Gasteiger partial charge >= 0.3 is 6.03 Å². The van der Waals surface area contributed by atoms with Gasteiger partial charge < -0.3 is 15.0 Å². The zero-order chi connectivity index (χ0) is 24.1. The van der Waals surface area contributed by atoms with Gasteiger partial charge in [0.1, 0.15) is 11.6 Å². The summed E-state index contributed by atoms with van der Waals surface area (Å²) in [6.07, 6.45) is 0.978. The molecule has 0 aliphatic carbocycles. The summed E-state index contributed by atoms with van der Waals surface area (Å²) in [5, 5.41) is 2.92. The molecule has 1 aliphatic heterocycles. The number of amides is 3. The molecule has 0 bridgehead atoms. The molecule has 176 valence electrons. The van der Waals surface area contributed by atoms with E-state index in [1.54, 1.807) is 53.3 Å². The van der Waals surface area contributed by atoms with Crippen LogP contribution in [0, 0.1) is 5.82 Å². The monoisotopic (exact) mass is 481 g/mol. The number of benzene rings is 3. The van der Waals surface area contributed by atoms with Crippen LogP contribution in [0.15, 0.2) is 66.7 Å². The first-order valence-corrected chi connectivity index (χ1v) is 11.3. The Kier molecular flexibility index (Phi) is 7.33. The molecule has 3 aromatic rings. The standard InChI is InChI=1S/C26H25ClFN3O3/c1-34-22-7-2-5-18(15-22)16-24(32)29-20-9-11-21(12-10-20)31-14-4-13-30(26(31)33)17-19-6-3-8-23(27)25(19)28/h2-3,5-12,15H,4,13-14,16-17H2,1H3,(H,29,32). The lowest BCUT2D eigenvalue weighted by Gasteiger charge is -2.35. The maximum Gasteiger partial charge on any atom is 0.324 e. The smallest absolute Gasteiger partial charge is 0.324 e. The minimum Gasteiger partial charge on any atom is -0.497 e. The summed E-state index contributed by atoms with van der Waals surface area (Å²) in [4.78, 5) is 28.8. The van der Waals surface area contributed by atoms with Crippen LogP contribution in [0.4, 0.5) is 20.6 Å². The molecule has 6 nitrogen and oxygen atoms in total. The van der Waals surface area contributed by atoms with E-state index in [0.717, 1.165) is 12.0 Å². The second-order valence-corrected chi connectivity index (χ2v) is 8.45. The van der Waals surface area contributed by atoms with Gasteiger partial charge in [0.05, 0.1) is 25.1 Å². The maximum absolute atomic E-state index is 14.3. The summed E-state index contributed by atoms with van der Waals surface area (Å²) >= 11 is 5.88. The third-order valence-corrected chi connectivity index (χ3v) is 5.96. The van der Waals surface area contributed by atoms with E-state index in [4.69, 9.17) is 16.3 Å². The largest absolute Gasteiger partial charge is 0.497 e. The second kappa shape index (κ2) is 10.6. The zero-order valence-electron chi connectivity index (χ0n) is 18.8. The van der Waals surface area contributed by atoms with Gasteiger partial charge in [0.2, 0.25) is 5.91 Å². The predicted octanol–water partition coefficient (Wildman–Crippen LogP) is 5.50. The Morgan fingerprint density at radius 3 is 2.62 bits per heavy atom. The number of hydrogen-bond acceptors (Lipinski definition) is 3. The van der Waals surface area contributed by atoms with Crippen LogP contribution in [0.5, 0.6) is 5.75 Å². The molecule has 0 radical (unpaired) electrons. The highest BCUT2D eigenvalue weighted by Gasteiger charge is 2.27. The summed E-state index contributed by atoms with van der Waals surface area (Å²) in [5.41, 5.74) is 2.59. The van der Waals surface area contributed by atoms with Crippen molar-refractivity contribution in [1.82, 2.24) is 4.90 Å². The molecule has 1 saturated heterocycles. The summed E-state index contributed by atoms with van der Waals surface area (Å²) in [5.74, 6) is 0.0564. The molecular formula is C26H25ClFN3O3. The molecule has 1 fully saturated rings. The summed E-state index contributed by atoms with van der Waals surface area (Å²) in [6, 6.07) is 19.1. The lowest BCUT2D eigenvalue weighted by molar-refractivity contribution is -0.115. The van der Waals surface area contributed by atoms with E-state index in [-0.39, 0.29) is 29.9 Å². The molecule has 0 atom stereocenters. The zero-order valence-corrected chi connectivity index (χ0v) is 19.5. The average molecular weight is 482 g/mol. The quantitative estimate of drug-likeness (QED) is 0.484. The SMILES string of the molecule is COc1cccc(CC(=O)Nc2ccc(N3CCCN(Cc4cccc(Cl)c4F)C3=O)cc2)c1. The fourth-order valence-corrected chi connectivity index (χ4v) is 4.14. The van der Waals surface area contributed by atoms with Crippen molar-refractivity contribution < 1.29 is 18.7 Å². The van der Waals surface area contributed by atoms with E-state index in [9.17, 15) is 14.0 Å². The van der Waals surface area contributed by atoms with E-state index in [0.29, 0.717) is 35.8 Å². The Bertz CT molecular complexity index is 1190. The van der Waals surface area contributed by atoms with Crippen LogP contribution in [-0.2, 0) is 17.8 Å². The van der Waals surface area contributed by atoms with Crippen LogP contribution in [-0.4, -0.2) is 37.0 Å². The molecule has 34 heavy (non-hydrogen) atoms. The van der Waals surface area contributed by atoms with Crippen molar-refractivity contribution in [3.05, 3.63) is 88.7 Å². The van der Waals surface area contributed by atoms with Crippen molar-refractivity contribution in [2.24, 2.45) is 0 Å². The summed E-state index contributed by atoms with van der Waals surface area (Å²) in [6.45, 7) is 1.26. The number of carbonyl (C=O) groups excluding carboxylic acids is 2. The number of anilines is 2. The molecule has 8 heteroatoms. The van der Waals surface area contributed by atoms with E-state index in [1.807, 2.05) is 24.3 Å². The topological polar surface area (TPSA) is 61.9 Å². The molecule has 0 saturated carbocycles. The van der Waals surface area contributed by atoms with Gasteiger partial charge in [-0.1, -0.05) is 35.9 Å². The molecule has 1 aliphatic rings. The molecule has 1 N–H and O–H groups in total. The number of carbonyl (C=O) groups is 2. The second-order valence-electron chi connectivity index (χ2n) is 8.05. The van der Waals surface area contributed by atoms with Gasteiger partial charge in [-0.3, -0.25) is 9.69 Å². The minimum atomic E-state index is -0.497. The van der Waals surface area contributed by atoms with Crippen LogP contribution >= 0.6 is 11.6 Å². The van der Waals surface area contributed by atoms with Crippen molar-refractivity contribution in [2.75, 3.05) is 30.4 Å². The average Bonchev–Trinajstić information content (AvgIpc) is 2.84. The fourth-order valence-electron chi connectivity index (χ4n) is 3.94. The number of ether oxygens (including phenoxy) is 1. The van der Waals surface area contributed by atoms with E-state index in [1.165, 1.54) is 6.07 Å². The maximum atomic E-state index is 14.3. The molecule has 1 heterocycles. The number of hydrogen-bond donors (Lipinski definition) is 1. The van der Waals surface area contributed by atoms with Crippen molar-refractivity contribution in [3.63, 3.8) is 0 Å². The van der Waals surface area contributed by atoms with Crippen LogP contribution in [0.2, 0.25) is 5.02 Å². The highest BCUT2D eigenvalue weighted by atomic mass is 35.5. The molecule has 3 aromatic carbocycles. The van der Waals surface area contributed by atoms with Crippen LogP contribution < -0.4 is 15.0 Å². The number of methoxy groups -OCH3 is 1. The Morgan fingerprint density at radius 1 is 1.09 bits per heavy atom. The van der Waals surface area contributed by atoms with Gasteiger partial charge in [0, 0.05) is 30.0 Å². The Balaban J connectivity index is 1.39. The first-order chi connectivity index (χ1) is 16.4. The Morgan fingerprint density at radius 2 is 1.85 bits per heavy atom. The van der Waals surface area contributed by atoms with Gasteiger partial charge in [0.15, 0.2) is 0 Å². The third-order valence-electron chi connectivity index (χ3n) is 5.67. The van der Waals surface area contributed by atoms with Crippen LogP contribution in [0.3, 0.4) is 0 Å². The Labute approximate surface area is 202 Å². The molecule has 4 rings (SSSR count). The van der Waals surface area contributed by atoms with Crippen LogP contribution in [0.1, 0.15) is 17.5 Å². The summed E-state index contributed by atoms with van der Waals surface area (Å²) < 4.78 is 19.5. The number of halogens is 2. The molecule has 0 unspecified atom stereocenters. The highest BCUT2D eigenvalue weighted by Crippen LogP contribution is 2.25. The first-order valence-electron chi connectivity index (χ1n) is 11.0. The fraction of sp³-hybridized carbons (Fsp3) is 0.231. The van der Waals surface area contributed by atoms with Gasteiger partial charge in [-0.25, -0.2) is 9.18 Å². The van der Waals surface area contributed by atoms with Crippen molar-refractivity contribution in [2.45, 2.75) is 19.4 Å². The Hall–Kier alpha value is -3.58. The number of rotatable bonds is 7. The molecular weight excluding hydrogens is 457 g/mol. The number of nitrogens with one attached hydrogen (secondary N) is 1. The molecule has 0 spiro atoms. The number of nitrogens with zero attached hydrogens (tertiary/aromatic N) is 2. The highest BCUT2D eigenvalue weighted by molar-refractivity contribution is 6.30. The lowest BCUT2D eigenvalue weighted by atomic mass is 10.1. The molecule has 3 amide bonds. The summed E-state index contributed by atoms with van der Waals surface area (Å²) in [7, 11) is 1.59. The molecule has 0 aromatic heterocycles. The minimum absolute atomic E-state index is 0.0443. The first kappa shape index (κ1) is 23.6. The van der Waals surface area contributed by atoms with E-state index >= 15 is 0 Å². The van der Waals surface area contributed by atoms with Gasteiger partial charge in [-0.15, -0.1) is 0 Å². The van der Waals surface area contributed by atoms with Crippen molar-refractivity contribution in [1.29, 1.82) is 0 Å². The van der Waals surface area contributed by atoms with Gasteiger partial charge in [0.25, 0.3) is 0 Å². The third kappa shape index (κ3) is 5.48. The van der Waals surface area contributed by atoms with Crippen molar-refractivity contribution >= 4 is 34.9 Å². The lowest BCUT2D eigenvalue weighted by Crippen LogP contribution is -2.49. The van der Waals surface area contributed by atoms with Crippen LogP contribution in [0.25, 0.3) is 0 Å².